The van der Waals surface area contributed by atoms with E-state index in [0.29, 0.717) is 11.3 Å². The molecule has 46 valence electrons. The van der Waals surface area contributed by atoms with Gasteiger partial charge in [0.25, 0.3) is 0 Å². The molecule has 8 heavy (non-hydrogen) atoms. The molecule has 0 aromatic carbocycles. The lowest BCUT2D eigenvalue weighted by molar-refractivity contribution is 0.781. The van der Waals surface area contributed by atoms with Crippen molar-refractivity contribution in [3.63, 3.8) is 0 Å². The second kappa shape index (κ2) is 2.80. The summed E-state index contributed by atoms with van der Waals surface area (Å²) in [6.45, 7) is 1.00. The Labute approximate surface area is 60.3 Å². The molecule has 0 bridgehead atoms. The fourth-order valence-corrected chi connectivity index (χ4v) is 1.39. The van der Waals surface area contributed by atoms with Gasteiger partial charge in [0.1, 0.15) is 0 Å². The van der Waals surface area contributed by atoms with Crippen molar-refractivity contribution in [1.29, 1.82) is 0 Å². The minimum Gasteiger partial charge on any atom is -0.309 e. The Morgan fingerprint density at radius 3 is 2.75 bits per heavy atom. The van der Waals surface area contributed by atoms with Gasteiger partial charge in [-0.1, -0.05) is 12.2 Å². The highest BCUT2D eigenvalue weighted by molar-refractivity contribution is 7.81. The summed E-state index contributed by atoms with van der Waals surface area (Å²) in [5, 5.41) is 5.51. The molecule has 0 radical (unpaired) electrons. The van der Waals surface area contributed by atoms with E-state index in [4.69, 9.17) is 12.2 Å². The van der Waals surface area contributed by atoms with E-state index in [1.165, 1.54) is 0 Å². The largest absolute Gasteiger partial charge is 0.309 e. The molecule has 0 aliphatic carbocycles. The van der Waals surface area contributed by atoms with Gasteiger partial charge in [0, 0.05) is 17.8 Å². The topological polar surface area (TPSA) is 12.0 Å². The molecule has 0 amide bonds. The van der Waals surface area contributed by atoms with Crippen molar-refractivity contribution in [2.24, 2.45) is 0 Å². The molecule has 1 unspecified atom stereocenters. The predicted octanol–water partition coefficient (Wildman–Crippen LogP) is 0.646. The number of thiol groups is 1. The molecule has 3 heteroatoms. The maximum absolute atomic E-state index is 4.74. The minimum atomic E-state index is 0.438. The first kappa shape index (κ1) is 6.52. The summed E-state index contributed by atoms with van der Waals surface area (Å²) in [7, 11) is 0. The van der Waals surface area contributed by atoms with Crippen LogP contribution >= 0.6 is 24.8 Å². The fraction of sp³-hybridized carbons (Fsp3) is 0.800. The monoisotopic (exact) mass is 147 g/mol. The third-order valence-corrected chi connectivity index (χ3v) is 2.03. The second-order valence-corrected chi connectivity index (χ2v) is 3.04. The molecule has 1 heterocycles. The van der Waals surface area contributed by atoms with Gasteiger partial charge in [0.15, 0.2) is 0 Å². The molecule has 1 aliphatic heterocycles. The Hall–Kier alpha value is 0.400. The number of rotatable bonds is 1. The smallest absolute Gasteiger partial charge is 0.0364 e. The Balaban J connectivity index is 2.32. The second-order valence-electron chi connectivity index (χ2n) is 2.04. The Bertz CT molecular complexity index is 94.4. The van der Waals surface area contributed by atoms with Crippen LogP contribution in [0, 0.1) is 0 Å². The Morgan fingerprint density at radius 1 is 1.75 bits per heavy atom. The molecule has 2 atom stereocenters. The standard InChI is InChI=1S/C5H9NS2/c7-3-4-1-5(8)2-6-4/h3-6,8H,1-2H2/t4?,5-/m1/s1. The summed E-state index contributed by atoms with van der Waals surface area (Å²) in [6.07, 6.45) is 1.09. The van der Waals surface area contributed by atoms with Gasteiger partial charge in [-0.25, -0.2) is 0 Å². The van der Waals surface area contributed by atoms with Gasteiger partial charge in [-0.2, -0.15) is 12.6 Å². The summed E-state index contributed by atoms with van der Waals surface area (Å²) in [5.41, 5.74) is 0. The van der Waals surface area contributed by atoms with Gasteiger partial charge in [0.2, 0.25) is 0 Å². The minimum absolute atomic E-state index is 0.438. The lowest BCUT2D eigenvalue weighted by Crippen LogP contribution is -2.21. The van der Waals surface area contributed by atoms with E-state index in [0.717, 1.165) is 13.0 Å². The number of nitrogens with one attached hydrogen (secondary N) is 1. The van der Waals surface area contributed by atoms with E-state index in [-0.39, 0.29) is 0 Å². The SMILES string of the molecule is S=CC1C[C@@H](S)CN1. The summed E-state index contributed by atoms with van der Waals surface area (Å²) in [4.78, 5) is 0. The van der Waals surface area contributed by atoms with Crippen molar-refractivity contribution in [3.05, 3.63) is 0 Å². The molecular formula is C5H9NS2. The Kier molecular flexibility index (Phi) is 2.28. The van der Waals surface area contributed by atoms with Gasteiger partial charge in [-0.05, 0) is 11.8 Å². The fourth-order valence-electron chi connectivity index (χ4n) is 0.851. The van der Waals surface area contributed by atoms with Gasteiger partial charge in [0.05, 0.1) is 0 Å². The van der Waals surface area contributed by atoms with Gasteiger partial charge in [-0.15, -0.1) is 0 Å². The van der Waals surface area contributed by atoms with Crippen molar-refractivity contribution in [3.8, 4) is 0 Å². The third kappa shape index (κ3) is 1.44. The average Bonchev–Trinajstić information content (AvgIpc) is 2.14. The predicted molar refractivity (Wildman–Crippen MR) is 42.8 cm³/mol. The maximum Gasteiger partial charge on any atom is 0.0364 e. The van der Waals surface area contributed by atoms with E-state index in [9.17, 15) is 0 Å². The van der Waals surface area contributed by atoms with Crippen LogP contribution in [0.2, 0.25) is 0 Å². The molecular weight excluding hydrogens is 138 g/mol. The summed E-state index contributed by atoms with van der Waals surface area (Å²) >= 11 is 9.02. The van der Waals surface area contributed by atoms with Crippen molar-refractivity contribution >= 4 is 30.2 Å². The quantitative estimate of drug-likeness (QED) is 0.417. The van der Waals surface area contributed by atoms with Gasteiger partial charge >= 0.3 is 0 Å². The van der Waals surface area contributed by atoms with Crippen LogP contribution in [-0.4, -0.2) is 23.2 Å². The summed E-state index contributed by atoms with van der Waals surface area (Å²) in [5.74, 6) is 0. The molecule has 1 N–H and O–H groups in total. The van der Waals surface area contributed by atoms with E-state index >= 15 is 0 Å². The zero-order valence-corrected chi connectivity index (χ0v) is 6.21. The highest BCUT2D eigenvalue weighted by atomic mass is 32.1. The lowest BCUT2D eigenvalue weighted by Gasteiger charge is -1.97. The van der Waals surface area contributed by atoms with Crippen LogP contribution in [0.4, 0.5) is 0 Å². The first-order chi connectivity index (χ1) is 3.83. The molecule has 0 aromatic heterocycles. The van der Waals surface area contributed by atoms with Gasteiger partial charge in [-0.3, -0.25) is 0 Å². The van der Waals surface area contributed by atoms with E-state index in [2.05, 4.69) is 17.9 Å². The molecule has 0 spiro atoms. The number of hydrogen-bond acceptors (Lipinski definition) is 3. The molecule has 1 rings (SSSR count). The van der Waals surface area contributed by atoms with Crippen molar-refractivity contribution < 1.29 is 0 Å². The number of thiocarbonyl (C=S) groups is 1. The number of hydrogen-bond donors (Lipinski definition) is 2. The van der Waals surface area contributed by atoms with Crippen molar-refractivity contribution in [1.82, 2.24) is 5.32 Å². The molecule has 1 nitrogen and oxygen atoms in total. The van der Waals surface area contributed by atoms with E-state index < -0.39 is 0 Å². The van der Waals surface area contributed by atoms with Crippen molar-refractivity contribution in [2.45, 2.75) is 17.7 Å². The van der Waals surface area contributed by atoms with Gasteiger partial charge < -0.3 is 5.32 Å². The molecule has 0 saturated carbocycles. The average molecular weight is 147 g/mol. The molecule has 1 aliphatic rings. The van der Waals surface area contributed by atoms with Crippen LogP contribution in [-0.2, 0) is 0 Å². The highest BCUT2D eigenvalue weighted by Crippen LogP contribution is 2.09. The van der Waals surface area contributed by atoms with Crippen LogP contribution in [0.15, 0.2) is 0 Å². The van der Waals surface area contributed by atoms with E-state index in [1.807, 2.05) is 0 Å². The van der Waals surface area contributed by atoms with Crippen LogP contribution in [0.3, 0.4) is 0 Å². The molecule has 1 saturated heterocycles. The van der Waals surface area contributed by atoms with Crippen LogP contribution in [0.5, 0.6) is 0 Å². The normalized spacial score (nSPS) is 37.6. The van der Waals surface area contributed by atoms with Crippen LogP contribution in [0.1, 0.15) is 6.42 Å². The lowest BCUT2D eigenvalue weighted by atomic mass is 10.2. The summed E-state index contributed by atoms with van der Waals surface area (Å²) < 4.78 is 0. The zero-order chi connectivity index (χ0) is 5.98. The summed E-state index contributed by atoms with van der Waals surface area (Å²) in [6, 6.07) is 0.438. The Morgan fingerprint density at radius 2 is 2.50 bits per heavy atom. The first-order valence-electron chi connectivity index (χ1n) is 2.69. The first-order valence-corrected chi connectivity index (χ1v) is 3.68. The van der Waals surface area contributed by atoms with Crippen LogP contribution in [0.25, 0.3) is 0 Å². The van der Waals surface area contributed by atoms with E-state index in [1.54, 1.807) is 5.37 Å². The molecule has 0 aromatic rings. The third-order valence-electron chi connectivity index (χ3n) is 1.31. The molecule has 1 fully saturated rings. The van der Waals surface area contributed by atoms with Crippen molar-refractivity contribution in [2.75, 3.05) is 6.54 Å². The zero-order valence-electron chi connectivity index (χ0n) is 4.50. The maximum atomic E-state index is 4.74. The van der Waals surface area contributed by atoms with Crippen LogP contribution < -0.4 is 5.32 Å². The highest BCUT2D eigenvalue weighted by Gasteiger charge is 2.17.